The van der Waals surface area contributed by atoms with Crippen LogP contribution in [0, 0.1) is 25.7 Å². The van der Waals surface area contributed by atoms with Crippen LogP contribution in [0.15, 0.2) is 18.2 Å². The van der Waals surface area contributed by atoms with Gasteiger partial charge >= 0.3 is 6.09 Å². The zero-order chi connectivity index (χ0) is 22.0. The third-order valence-corrected chi connectivity index (χ3v) is 7.44. The fraction of sp³-hybridized carbons (Fsp3) is 0.440. The summed E-state index contributed by atoms with van der Waals surface area (Å²) < 4.78 is 5.03. The van der Waals surface area contributed by atoms with E-state index in [1.807, 2.05) is 24.3 Å². The number of aromatic amines is 1. The summed E-state index contributed by atoms with van der Waals surface area (Å²) in [7, 11) is 0. The molecule has 0 radical (unpaired) electrons. The molecule has 33 heavy (non-hydrogen) atoms. The van der Waals surface area contributed by atoms with E-state index >= 15 is 0 Å². The Labute approximate surface area is 199 Å². The van der Waals surface area contributed by atoms with Gasteiger partial charge < -0.3 is 19.9 Å². The normalized spacial score (nSPS) is 24.5. The summed E-state index contributed by atoms with van der Waals surface area (Å²) in [5, 5.41) is 2.97. The summed E-state index contributed by atoms with van der Waals surface area (Å²) in [6.45, 7) is 9.18. The number of H-pyrrole nitrogens is 1. The van der Waals surface area contributed by atoms with Crippen molar-refractivity contribution in [3.8, 4) is 0 Å². The number of hydrogen-bond donors (Lipinski definition) is 2. The van der Waals surface area contributed by atoms with Gasteiger partial charge in [0.25, 0.3) is 5.91 Å². The number of rotatable bonds is 5. The van der Waals surface area contributed by atoms with Crippen LogP contribution in [-0.2, 0) is 22.6 Å². The largest absolute Gasteiger partial charge is 0.448 e. The summed E-state index contributed by atoms with van der Waals surface area (Å²) in [5.41, 5.74) is 8.07. The SMILES string of the molecule is Cc1[nH]c(/C=C2\C(=O)Nc3ccc(CN4CCOC4=O)cc32)c(C)c1CN1C[C@H]2C[C@H]2C1.Cl. The molecule has 2 aromatic rings. The molecule has 1 aromatic carbocycles. The number of amides is 2. The first kappa shape index (κ1) is 22.0. The number of cyclic esters (lactones) is 1. The Hall–Kier alpha value is -2.77. The van der Waals surface area contributed by atoms with Crippen LogP contribution in [0.4, 0.5) is 10.5 Å². The van der Waals surface area contributed by atoms with Gasteiger partial charge in [-0.15, -0.1) is 12.4 Å². The first-order valence-corrected chi connectivity index (χ1v) is 11.4. The third kappa shape index (κ3) is 3.93. The molecule has 4 heterocycles. The topological polar surface area (TPSA) is 77.7 Å². The number of fused-ring (bicyclic) bond motifs is 2. The molecule has 3 fully saturated rings. The highest BCUT2D eigenvalue weighted by molar-refractivity contribution is 6.34. The quantitative estimate of drug-likeness (QED) is 0.651. The number of carbonyl (C=O) groups excluding carboxylic acids is 2. The van der Waals surface area contributed by atoms with Crippen LogP contribution in [0.3, 0.4) is 0 Å². The van der Waals surface area contributed by atoms with E-state index in [0.717, 1.165) is 40.9 Å². The van der Waals surface area contributed by atoms with Gasteiger partial charge in [0.2, 0.25) is 0 Å². The van der Waals surface area contributed by atoms with Crippen molar-refractivity contribution in [3.05, 3.63) is 51.8 Å². The van der Waals surface area contributed by atoms with Crippen molar-refractivity contribution in [1.29, 1.82) is 0 Å². The highest BCUT2D eigenvalue weighted by atomic mass is 35.5. The molecule has 0 spiro atoms. The number of aryl methyl sites for hydroxylation is 1. The molecule has 0 bridgehead atoms. The zero-order valence-electron chi connectivity index (χ0n) is 18.9. The molecule has 6 rings (SSSR count). The maximum absolute atomic E-state index is 12.8. The Balaban J connectivity index is 0.00000228. The van der Waals surface area contributed by atoms with E-state index < -0.39 is 0 Å². The predicted molar refractivity (Wildman–Crippen MR) is 129 cm³/mol. The standard InChI is InChI=1S/C25H28N4O3.ClH/c1-14-21(13-28-11-17-8-18(17)12-28)15(2)26-23(14)9-20-19-7-16(3-4-22(19)27-24(20)30)10-29-5-6-32-25(29)31;/h3-4,7,9,17-18,26H,5-6,8,10-13H2,1-2H3,(H,27,30);1H/b20-9-;/t17-,18+;. The van der Waals surface area contributed by atoms with Gasteiger partial charge in [0.15, 0.2) is 0 Å². The minimum Gasteiger partial charge on any atom is -0.448 e. The van der Waals surface area contributed by atoms with E-state index in [-0.39, 0.29) is 24.4 Å². The van der Waals surface area contributed by atoms with Gasteiger partial charge in [0.05, 0.1) is 12.1 Å². The molecule has 1 aromatic heterocycles. The van der Waals surface area contributed by atoms with Crippen LogP contribution in [0.25, 0.3) is 11.6 Å². The summed E-state index contributed by atoms with van der Waals surface area (Å²) in [4.78, 5) is 32.3. The van der Waals surface area contributed by atoms with Crippen LogP contribution in [0.5, 0.6) is 0 Å². The van der Waals surface area contributed by atoms with Gasteiger partial charge in [0, 0.05) is 48.8 Å². The monoisotopic (exact) mass is 468 g/mol. The maximum atomic E-state index is 12.8. The second-order valence-electron chi connectivity index (χ2n) is 9.65. The lowest BCUT2D eigenvalue weighted by molar-refractivity contribution is -0.110. The van der Waals surface area contributed by atoms with Crippen molar-refractivity contribution >= 4 is 41.7 Å². The lowest BCUT2D eigenvalue weighted by Gasteiger charge is -2.17. The number of likely N-dealkylation sites (tertiary alicyclic amines) is 1. The van der Waals surface area contributed by atoms with Crippen molar-refractivity contribution < 1.29 is 14.3 Å². The highest BCUT2D eigenvalue weighted by Gasteiger charge is 2.44. The van der Waals surface area contributed by atoms with Crippen molar-refractivity contribution in [2.45, 2.75) is 33.4 Å². The average Bonchev–Trinajstić information content (AvgIpc) is 3.05. The summed E-state index contributed by atoms with van der Waals surface area (Å²) in [5.74, 6) is 1.75. The van der Waals surface area contributed by atoms with E-state index in [9.17, 15) is 9.59 Å². The molecule has 7 nitrogen and oxygen atoms in total. The molecule has 1 saturated carbocycles. The van der Waals surface area contributed by atoms with Gasteiger partial charge in [-0.1, -0.05) is 6.07 Å². The molecule has 1 aliphatic carbocycles. The summed E-state index contributed by atoms with van der Waals surface area (Å²) in [6.07, 6.45) is 3.10. The summed E-state index contributed by atoms with van der Waals surface area (Å²) in [6, 6.07) is 5.88. The van der Waals surface area contributed by atoms with Crippen LogP contribution >= 0.6 is 12.4 Å². The zero-order valence-corrected chi connectivity index (χ0v) is 19.8. The number of nitrogens with one attached hydrogen (secondary N) is 2. The molecular weight excluding hydrogens is 440 g/mol. The van der Waals surface area contributed by atoms with Gasteiger partial charge in [0.1, 0.15) is 6.61 Å². The maximum Gasteiger partial charge on any atom is 0.410 e. The Kier molecular flexibility index (Phi) is 5.49. The van der Waals surface area contributed by atoms with E-state index in [1.165, 1.54) is 36.3 Å². The number of piperidine rings is 1. The van der Waals surface area contributed by atoms with Gasteiger partial charge in [-0.05, 0) is 67.0 Å². The molecule has 174 valence electrons. The highest BCUT2D eigenvalue weighted by Crippen LogP contribution is 2.45. The molecule has 2 N–H and O–H groups in total. The average molecular weight is 469 g/mol. The second kappa shape index (κ2) is 8.22. The molecule has 2 atom stereocenters. The lowest BCUT2D eigenvalue weighted by Crippen LogP contribution is -2.23. The third-order valence-electron chi connectivity index (χ3n) is 7.44. The Bertz CT molecular complexity index is 1160. The molecule has 2 amide bonds. The minimum atomic E-state index is -0.282. The number of ether oxygens (including phenoxy) is 1. The van der Waals surface area contributed by atoms with Crippen molar-refractivity contribution in [1.82, 2.24) is 14.8 Å². The molecule has 4 aliphatic rings. The minimum absolute atomic E-state index is 0. The number of carbonyl (C=O) groups is 2. The number of aromatic nitrogens is 1. The van der Waals surface area contributed by atoms with Crippen LogP contribution in [-0.4, -0.2) is 53.0 Å². The number of anilines is 1. The fourth-order valence-electron chi connectivity index (χ4n) is 5.46. The molecule has 8 heteroatoms. The molecular formula is C25H29ClN4O3. The van der Waals surface area contributed by atoms with Crippen LogP contribution < -0.4 is 5.32 Å². The number of benzene rings is 1. The predicted octanol–water partition coefficient (Wildman–Crippen LogP) is 3.95. The van der Waals surface area contributed by atoms with Crippen LogP contribution in [0.1, 0.15) is 40.1 Å². The Morgan fingerprint density at radius 2 is 1.94 bits per heavy atom. The van der Waals surface area contributed by atoms with Crippen molar-refractivity contribution in [2.75, 3.05) is 31.6 Å². The number of nitrogens with zero attached hydrogens (tertiary/aromatic N) is 2. The van der Waals surface area contributed by atoms with Crippen molar-refractivity contribution in [2.24, 2.45) is 11.8 Å². The van der Waals surface area contributed by atoms with Crippen LogP contribution in [0.2, 0.25) is 0 Å². The Morgan fingerprint density at radius 3 is 2.67 bits per heavy atom. The molecule has 3 aliphatic heterocycles. The van der Waals surface area contributed by atoms with Gasteiger partial charge in [-0.2, -0.15) is 0 Å². The second-order valence-corrected chi connectivity index (χ2v) is 9.65. The van der Waals surface area contributed by atoms with E-state index in [2.05, 4.69) is 29.0 Å². The first-order valence-electron chi connectivity index (χ1n) is 11.4. The smallest absolute Gasteiger partial charge is 0.410 e. The van der Waals surface area contributed by atoms with E-state index in [4.69, 9.17) is 4.74 Å². The fourth-order valence-corrected chi connectivity index (χ4v) is 5.46. The van der Waals surface area contributed by atoms with Gasteiger partial charge in [-0.25, -0.2) is 4.79 Å². The summed E-state index contributed by atoms with van der Waals surface area (Å²) >= 11 is 0. The lowest BCUT2D eigenvalue weighted by atomic mass is 10.0. The van der Waals surface area contributed by atoms with E-state index in [1.54, 1.807) is 4.90 Å². The molecule has 2 saturated heterocycles. The number of halogens is 1. The molecule has 0 unspecified atom stereocenters. The first-order chi connectivity index (χ1) is 15.5. The van der Waals surface area contributed by atoms with Gasteiger partial charge in [-0.3, -0.25) is 9.69 Å². The van der Waals surface area contributed by atoms with E-state index in [0.29, 0.717) is 25.3 Å². The Morgan fingerprint density at radius 1 is 1.15 bits per heavy atom. The number of hydrogen-bond acceptors (Lipinski definition) is 4. The van der Waals surface area contributed by atoms with Crippen molar-refractivity contribution in [3.63, 3.8) is 0 Å².